The summed E-state index contributed by atoms with van der Waals surface area (Å²) in [5, 5.41) is 12.7. The monoisotopic (exact) mass is 1300 g/mol. The van der Waals surface area contributed by atoms with Crippen LogP contribution >= 0.6 is 0 Å². The van der Waals surface area contributed by atoms with Crippen LogP contribution in [0.4, 0.5) is 35.2 Å². The van der Waals surface area contributed by atoms with Gasteiger partial charge >= 0.3 is 374 Å². The molecule has 0 aliphatic carbocycles. The van der Waals surface area contributed by atoms with Crippen LogP contribution in [0.1, 0.15) is 103 Å². The maximum absolute atomic E-state index is 4.55. The van der Waals surface area contributed by atoms with Gasteiger partial charge in [0.25, 0.3) is 0 Å². The van der Waals surface area contributed by atoms with Crippen molar-refractivity contribution >= 4 is 67.8 Å². The number of aryl methyl sites for hydroxylation is 3. The van der Waals surface area contributed by atoms with Gasteiger partial charge in [-0.3, -0.25) is 0 Å². The Labute approximate surface area is 378 Å². The average Bonchev–Trinajstić information content (AvgIpc) is 4.00. The third-order valence-electron chi connectivity index (χ3n) is 9.80. The molecule has 3 fully saturated rings. The SMILES string of the molecule is C.CCC1CCCN1c1cc(C)nc([N-]C=N[CH]=[W])n1.CCC1CCCN1c1cc([N-]C=N[CH]=[W])nc(C)n1.CCC1CCCN1c1nc(C)cc([N-]C=N[CH]=[W])n1. The molecule has 0 saturated carbocycles. The van der Waals surface area contributed by atoms with E-state index in [2.05, 4.69) is 96.3 Å². The molecule has 3 aromatic heterocycles. The second-order valence-corrected chi connectivity index (χ2v) is 15.9. The summed E-state index contributed by atoms with van der Waals surface area (Å²) in [5.41, 5.74) is 1.90. The average molecular weight is 1300 g/mol. The number of aliphatic imine (C=N–C) groups is 3. The maximum atomic E-state index is 4.55. The topological polar surface area (TPSA) is 166 Å². The number of nitrogens with zero attached hydrogens (tertiary/aromatic N) is 15. The van der Waals surface area contributed by atoms with Crippen molar-refractivity contribution < 1.29 is 58.1 Å². The van der Waals surface area contributed by atoms with E-state index in [1.807, 2.05) is 39.0 Å². The van der Waals surface area contributed by atoms with Gasteiger partial charge in [-0.15, -0.1) is 0 Å². The zero-order valence-corrected chi connectivity index (χ0v) is 42.6. The van der Waals surface area contributed by atoms with Gasteiger partial charge in [-0.05, 0) is 0 Å². The van der Waals surface area contributed by atoms with Gasteiger partial charge in [-0.1, -0.05) is 7.43 Å². The summed E-state index contributed by atoms with van der Waals surface area (Å²) in [6.07, 6.45) is 15.5. The predicted octanol–water partition coefficient (Wildman–Crippen LogP) is 8.15. The number of hydrogen-bond donors (Lipinski definition) is 0. The normalized spacial score (nSPS) is 18.7. The zero-order valence-electron chi connectivity index (χ0n) is 33.8. The molecule has 0 bridgehead atoms. The molecule has 6 heterocycles. The molecular weight excluding hydrogens is 1240 g/mol. The number of rotatable bonds is 15. The molecule has 3 saturated heterocycles. The Morgan fingerprint density at radius 3 is 1.59 bits per heavy atom. The number of anilines is 3. The molecule has 0 aromatic carbocycles. The molecule has 3 aliphatic heterocycles. The minimum atomic E-state index is 0. The summed E-state index contributed by atoms with van der Waals surface area (Å²) >= 11 is 3.92. The van der Waals surface area contributed by atoms with Crippen LogP contribution in [0.5, 0.6) is 0 Å². The van der Waals surface area contributed by atoms with Crippen molar-refractivity contribution in [2.24, 2.45) is 15.0 Å². The predicted molar refractivity (Wildman–Crippen MR) is 232 cm³/mol. The van der Waals surface area contributed by atoms with Crippen molar-refractivity contribution in [1.82, 2.24) is 29.9 Å². The van der Waals surface area contributed by atoms with E-state index < -0.39 is 0 Å². The van der Waals surface area contributed by atoms with Crippen molar-refractivity contribution in [3.63, 3.8) is 0 Å². The third-order valence-corrected chi connectivity index (χ3v) is 11.1. The fourth-order valence-corrected chi connectivity index (χ4v) is 7.81. The molecule has 0 amide bonds. The van der Waals surface area contributed by atoms with E-state index in [0.29, 0.717) is 35.7 Å². The first-order chi connectivity index (χ1) is 27.7. The number of aromatic nitrogens is 6. The van der Waals surface area contributed by atoms with Crippen LogP contribution in [0.25, 0.3) is 16.0 Å². The Morgan fingerprint density at radius 1 is 0.586 bits per heavy atom. The summed E-state index contributed by atoms with van der Waals surface area (Å²) in [7, 11) is 0. The van der Waals surface area contributed by atoms with E-state index in [9.17, 15) is 0 Å². The van der Waals surface area contributed by atoms with Crippen LogP contribution in [0, 0.1) is 20.8 Å². The Bertz CT molecular complexity index is 1630. The molecule has 15 nitrogen and oxygen atoms in total. The van der Waals surface area contributed by atoms with E-state index >= 15 is 0 Å². The van der Waals surface area contributed by atoms with Crippen LogP contribution in [-0.2, 0) is 58.1 Å². The molecule has 6 rings (SSSR count). The summed E-state index contributed by atoms with van der Waals surface area (Å²) in [4.78, 5) is 45.9. The summed E-state index contributed by atoms with van der Waals surface area (Å²) in [6, 6.07) is 7.65. The van der Waals surface area contributed by atoms with E-state index in [1.165, 1.54) is 103 Å². The van der Waals surface area contributed by atoms with Crippen LogP contribution in [-0.4, -0.2) is 100 Å². The first kappa shape index (κ1) is 49.1. The standard InChI is InChI=1S/3C13H18N5.CH4.3W/c1-4-11-6-5-7-18(11)13-8-12(15-9-14-3)16-10(2)17-13;1-4-11-6-5-7-18(11)12-8-10(2)16-13(17-12)15-9-14-3;1-4-11-6-5-7-18(11)13-16-10(2)8-12(17-13)15-9-14-3;;;;/h3*3,8-9,11H,4-7H2,1-2H3;1H4;;;/q3*-1;;;;. The van der Waals surface area contributed by atoms with Gasteiger partial charge in [0.2, 0.25) is 0 Å². The van der Waals surface area contributed by atoms with Gasteiger partial charge in [0.1, 0.15) is 0 Å². The quantitative estimate of drug-likeness (QED) is 0.108. The van der Waals surface area contributed by atoms with Crippen molar-refractivity contribution in [2.45, 2.75) is 125 Å². The molecule has 314 valence electrons. The second-order valence-electron chi connectivity index (χ2n) is 13.7. The van der Waals surface area contributed by atoms with Crippen LogP contribution in [0.3, 0.4) is 0 Å². The Hall–Kier alpha value is -3.28. The summed E-state index contributed by atoms with van der Waals surface area (Å²) < 4.78 is 5.34. The minimum absolute atomic E-state index is 0. The molecule has 58 heavy (non-hydrogen) atoms. The number of hydrogen-bond acceptors (Lipinski definition) is 12. The zero-order chi connectivity index (χ0) is 41.0. The van der Waals surface area contributed by atoms with Gasteiger partial charge in [0.05, 0.1) is 0 Å². The Balaban J connectivity index is 0.000000231. The van der Waals surface area contributed by atoms with E-state index in [1.54, 1.807) is 26.3 Å². The molecule has 18 heteroatoms. The van der Waals surface area contributed by atoms with E-state index in [4.69, 9.17) is 0 Å². The molecule has 0 spiro atoms. The van der Waals surface area contributed by atoms with Gasteiger partial charge in [0, 0.05) is 0 Å². The molecule has 3 aliphatic rings. The van der Waals surface area contributed by atoms with E-state index in [-0.39, 0.29) is 7.43 Å². The summed E-state index contributed by atoms with van der Waals surface area (Å²) in [6.45, 7) is 15.7. The van der Waals surface area contributed by atoms with Gasteiger partial charge in [0.15, 0.2) is 0 Å². The summed E-state index contributed by atoms with van der Waals surface area (Å²) in [5.74, 6) is 5.43. The van der Waals surface area contributed by atoms with Crippen molar-refractivity contribution in [3.8, 4) is 0 Å². The van der Waals surface area contributed by atoms with E-state index in [0.717, 1.165) is 73.7 Å². The van der Waals surface area contributed by atoms with Gasteiger partial charge in [-0.25, -0.2) is 0 Å². The van der Waals surface area contributed by atoms with Crippen LogP contribution in [0.2, 0.25) is 0 Å². The fourth-order valence-electron chi connectivity index (χ4n) is 7.22. The van der Waals surface area contributed by atoms with Crippen molar-refractivity contribution in [3.05, 3.63) is 51.4 Å². The third kappa shape index (κ3) is 15.4. The Kier molecular flexibility index (Phi) is 22.6. The Morgan fingerprint density at radius 2 is 1.05 bits per heavy atom. The molecular formula is C40H58N15W3-3. The molecule has 3 unspecified atom stereocenters. The molecule has 3 atom stereocenters. The fraction of sp³-hybridized carbons (Fsp3) is 0.550. The molecule has 0 radical (unpaired) electrons. The van der Waals surface area contributed by atoms with Crippen LogP contribution in [0.15, 0.2) is 33.2 Å². The van der Waals surface area contributed by atoms with Gasteiger partial charge < -0.3 is 0 Å². The van der Waals surface area contributed by atoms with Crippen molar-refractivity contribution in [1.29, 1.82) is 0 Å². The first-order valence-corrected chi connectivity index (χ1v) is 24.7. The second kappa shape index (κ2) is 26.7. The van der Waals surface area contributed by atoms with Crippen LogP contribution < -0.4 is 14.7 Å². The molecule has 0 N–H and O–H groups in total. The van der Waals surface area contributed by atoms with Gasteiger partial charge in [-0.2, -0.15) is 0 Å². The first-order valence-electron chi connectivity index (χ1n) is 19.6. The molecule has 3 aromatic rings. The van der Waals surface area contributed by atoms with Crippen molar-refractivity contribution in [2.75, 3.05) is 34.3 Å².